The number of thiophene rings is 2. The fourth-order valence-corrected chi connectivity index (χ4v) is 4.81. The minimum absolute atomic E-state index is 0.669. The summed E-state index contributed by atoms with van der Waals surface area (Å²) in [6.45, 7) is 6.85. The van der Waals surface area contributed by atoms with E-state index in [2.05, 4.69) is 31.5 Å². The van der Waals surface area contributed by atoms with Gasteiger partial charge in [-0.15, -0.1) is 22.7 Å². The van der Waals surface area contributed by atoms with Crippen LogP contribution in [0.5, 0.6) is 0 Å². The Labute approximate surface area is 105 Å². The van der Waals surface area contributed by atoms with Gasteiger partial charge in [0.1, 0.15) is 0 Å². The molecule has 2 aromatic heterocycles. The third-order valence-corrected chi connectivity index (χ3v) is 5.69. The topological polar surface area (TPSA) is 0 Å². The van der Waals surface area contributed by atoms with E-state index < -0.39 is 0 Å². The molecule has 0 aliphatic heterocycles. The van der Waals surface area contributed by atoms with Crippen LogP contribution in [0.2, 0.25) is 0 Å². The molecule has 0 amide bonds. The van der Waals surface area contributed by atoms with Crippen molar-refractivity contribution in [2.75, 3.05) is 0 Å². The number of hydrogen-bond donors (Lipinski definition) is 0. The summed E-state index contributed by atoms with van der Waals surface area (Å²) in [7, 11) is 0. The van der Waals surface area contributed by atoms with Crippen LogP contribution in [0, 0.1) is 6.92 Å². The van der Waals surface area contributed by atoms with Gasteiger partial charge >= 0.3 is 0 Å². The van der Waals surface area contributed by atoms with Crippen LogP contribution in [0.15, 0.2) is 10.8 Å². The van der Waals surface area contributed by atoms with Gasteiger partial charge in [0.05, 0.1) is 0 Å². The van der Waals surface area contributed by atoms with Gasteiger partial charge in [0.25, 0.3) is 0 Å². The van der Waals surface area contributed by atoms with Gasteiger partial charge in [0, 0.05) is 22.6 Å². The number of fused-ring (bicyclic) bond motifs is 2. The molecular formula is C14H16S2. The Balaban J connectivity index is 2.08. The predicted octanol–water partition coefficient (Wildman–Crippen LogP) is 4.74. The summed E-state index contributed by atoms with van der Waals surface area (Å²) < 4.78 is 0. The smallest absolute Gasteiger partial charge is 0.0128 e. The van der Waals surface area contributed by atoms with Crippen molar-refractivity contribution >= 4 is 22.7 Å². The van der Waals surface area contributed by atoms with E-state index in [1.165, 1.54) is 18.4 Å². The van der Waals surface area contributed by atoms with Crippen molar-refractivity contribution in [3.63, 3.8) is 0 Å². The highest BCUT2D eigenvalue weighted by atomic mass is 32.1. The molecule has 0 bridgehead atoms. The fourth-order valence-electron chi connectivity index (χ4n) is 2.50. The van der Waals surface area contributed by atoms with Gasteiger partial charge in [-0.1, -0.05) is 13.8 Å². The molecule has 0 spiro atoms. The lowest BCUT2D eigenvalue weighted by Gasteiger charge is -2.16. The molecule has 0 saturated carbocycles. The van der Waals surface area contributed by atoms with E-state index in [1.807, 2.05) is 22.7 Å². The summed E-state index contributed by atoms with van der Waals surface area (Å²) in [4.78, 5) is 3.21. The molecule has 0 saturated heterocycles. The minimum atomic E-state index is 0.669. The first-order chi connectivity index (χ1) is 7.66. The molecule has 1 aliphatic rings. The van der Waals surface area contributed by atoms with E-state index in [0.29, 0.717) is 5.92 Å². The first-order valence-electron chi connectivity index (χ1n) is 5.81. The molecule has 2 aromatic rings. The molecule has 1 aliphatic carbocycles. The Hall–Kier alpha value is -0.600. The molecule has 0 atom stereocenters. The lowest BCUT2D eigenvalue weighted by molar-refractivity contribution is 0.848. The minimum Gasteiger partial charge on any atom is -0.148 e. The summed E-state index contributed by atoms with van der Waals surface area (Å²) in [5.41, 5.74) is 6.31. The van der Waals surface area contributed by atoms with Gasteiger partial charge < -0.3 is 0 Å². The zero-order valence-electron chi connectivity index (χ0n) is 9.96. The predicted molar refractivity (Wildman–Crippen MR) is 73.1 cm³/mol. The van der Waals surface area contributed by atoms with Gasteiger partial charge in [0.2, 0.25) is 0 Å². The Kier molecular flexibility index (Phi) is 2.45. The van der Waals surface area contributed by atoms with Crippen LogP contribution < -0.4 is 0 Å². The molecule has 0 nitrogen and oxygen atoms in total. The van der Waals surface area contributed by atoms with E-state index >= 15 is 0 Å². The van der Waals surface area contributed by atoms with Crippen molar-refractivity contribution < 1.29 is 0 Å². The van der Waals surface area contributed by atoms with Crippen molar-refractivity contribution in [1.82, 2.24) is 0 Å². The van der Waals surface area contributed by atoms with Crippen molar-refractivity contribution in [2.24, 2.45) is 0 Å². The molecule has 0 radical (unpaired) electrons. The number of aryl methyl sites for hydroxylation is 1. The van der Waals surface area contributed by atoms with E-state index in [1.54, 1.807) is 26.4 Å². The van der Waals surface area contributed by atoms with Crippen LogP contribution in [0.3, 0.4) is 0 Å². The van der Waals surface area contributed by atoms with Gasteiger partial charge in [-0.25, -0.2) is 0 Å². The van der Waals surface area contributed by atoms with Crippen molar-refractivity contribution in [3.8, 4) is 0 Å². The third-order valence-electron chi connectivity index (χ3n) is 3.50. The number of hydrogen-bond acceptors (Lipinski definition) is 2. The zero-order valence-corrected chi connectivity index (χ0v) is 11.6. The SMILES string of the molecule is Cc1csc2c1Cc1scc(C(C)C)c1C2. The maximum atomic E-state index is 2.38. The second-order valence-electron chi connectivity index (χ2n) is 4.92. The molecule has 0 N–H and O–H groups in total. The van der Waals surface area contributed by atoms with Gasteiger partial charge in [-0.2, -0.15) is 0 Å². The highest BCUT2D eigenvalue weighted by Gasteiger charge is 2.23. The van der Waals surface area contributed by atoms with Crippen LogP contribution in [-0.4, -0.2) is 0 Å². The van der Waals surface area contributed by atoms with E-state index in [4.69, 9.17) is 0 Å². The van der Waals surface area contributed by atoms with Crippen molar-refractivity contribution in [3.05, 3.63) is 42.8 Å². The van der Waals surface area contributed by atoms with Crippen LogP contribution in [0.25, 0.3) is 0 Å². The van der Waals surface area contributed by atoms with Crippen LogP contribution in [0.1, 0.15) is 51.8 Å². The maximum absolute atomic E-state index is 2.38. The highest BCUT2D eigenvalue weighted by Crippen LogP contribution is 2.39. The molecule has 0 fully saturated rings. The average molecular weight is 248 g/mol. The van der Waals surface area contributed by atoms with Gasteiger partial charge in [-0.05, 0) is 45.9 Å². The summed E-state index contributed by atoms with van der Waals surface area (Å²) >= 11 is 3.90. The lowest BCUT2D eigenvalue weighted by atomic mass is 9.90. The summed E-state index contributed by atoms with van der Waals surface area (Å²) in [5, 5.41) is 4.69. The lowest BCUT2D eigenvalue weighted by Crippen LogP contribution is -2.05. The van der Waals surface area contributed by atoms with Crippen LogP contribution >= 0.6 is 22.7 Å². The van der Waals surface area contributed by atoms with Gasteiger partial charge in [0.15, 0.2) is 0 Å². The Morgan fingerprint density at radius 2 is 1.62 bits per heavy atom. The van der Waals surface area contributed by atoms with E-state index in [0.717, 1.165) is 0 Å². The average Bonchev–Trinajstić information content (AvgIpc) is 2.80. The summed E-state index contributed by atoms with van der Waals surface area (Å²) in [5.74, 6) is 0.669. The second-order valence-corrected chi connectivity index (χ2v) is 6.85. The van der Waals surface area contributed by atoms with Gasteiger partial charge in [-0.3, -0.25) is 0 Å². The normalized spacial score (nSPS) is 14.0. The molecule has 0 unspecified atom stereocenters. The van der Waals surface area contributed by atoms with Crippen molar-refractivity contribution in [2.45, 2.75) is 39.5 Å². The first kappa shape index (κ1) is 10.5. The zero-order chi connectivity index (χ0) is 11.3. The molecule has 84 valence electrons. The standard InChI is InChI=1S/C14H16S2/c1-8(2)12-7-16-14-4-10-9(3)6-15-13(10)5-11(12)14/h6-8H,4-5H2,1-3H3. The molecule has 3 rings (SSSR count). The third kappa shape index (κ3) is 1.47. The molecule has 2 heteroatoms. The maximum Gasteiger partial charge on any atom is 0.0128 e. The van der Waals surface area contributed by atoms with Crippen LogP contribution in [-0.2, 0) is 12.8 Å². The van der Waals surface area contributed by atoms with Crippen LogP contribution in [0.4, 0.5) is 0 Å². The van der Waals surface area contributed by atoms with E-state index in [-0.39, 0.29) is 0 Å². The molecule has 0 aromatic carbocycles. The summed E-state index contributed by atoms with van der Waals surface area (Å²) in [6, 6.07) is 0. The molecule has 16 heavy (non-hydrogen) atoms. The molecular weight excluding hydrogens is 232 g/mol. The number of rotatable bonds is 1. The first-order valence-corrected chi connectivity index (χ1v) is 7.57. The summed E-state index contributed by atoms with van der Waals surface area (Å²) in [6.07, 6.45) is 2.36. The quantitative estimate of drug-likeness (QED) is 0.583. The monoisotopic (exact) mass is 248 g/mol. The van der Waals surface area contributed by atoms with E-state index in [9.17, 15) is 0 Å². The van der Waals surface area contributed by atoms with Crippen molar-refractivity contribution in [1.29, 1.82) is 0 Å². The largest absolute Gasteiger partial charge is 0.148 e. The second kappa shape index (κ2) is 3.71. The Morgan fingerprint density at radius 3 is 2.38 bits per heavy atom. The fraction of sp³-hybridized carbons (Fsp3) is 0.429. The Morgan fingerprint density at radius 1 is 1.00 bits per heavy atom. The highest BCUT2D eigenvalue weighted by molar-refractivity contribution is 7.11. The molecule has 2 heterocycles. The Bertz CT molecular complexity index is 529.